The van der Waals surface area contributed by atoms with Gasteiger partial charge in [0.2, 0.25) is 0 Å². The summed E-state index contributed by atoms with van der Waals surface area (Å²) in [6.07, 6.45) is 1.69. The van der Waals surface area contributed by atoms with Crippen molar-refractivity contribution in [2.24, 2.45) is 0 Å². The molecule has 78 valence electrons. The highest BCUT2D eigenvalue weighted by Gasteiger charge is 2.27. The van der Waals surface area contributed by atoms with E-state index in [0.29, 0.717) is 6.54 Å². The SMILES string of the molecule is CCN(C1CCSCC1)S(=O)(=O)O. The number of hydrogen-bond donors (Lipinski definition) is 1. The molecule has 1 aliphatic rings. The van der Waals surface area contributed by atoms with Crippen LogP contribution >= 0.6 is 11.8 Å². The van der Waals surface area contributed by atoms with E-state index in [4.69, 9.17) is 4.55 Å². The molecule has 0 unspecified atom stereocenters. The summed E-state index contributed by atoms with van der Waals surface area (Å²) in [6, 6.07) is 0.00116. The lowest BCUT2D eigenvalue weighted by molar-refractivity contribution is 0.281. The van der Waals surface area contributed by atoms with Crippen LogP contribution in [0.25, 0.3) is 0 Å². The van der Waals surface area contributed by atoms with Crippen LogP contribution in [0.3, 0.4) is 0 Å². The van der Waals surface area contributed by atoms with Gasteiger partial charge >= 0.3 is 10.3 Å². The average molecular weight is 225 g/mol. The van der Waals surface area contributed by atoms with E-state index in [9.17, 15) is 8.42 Å². The molecule has 0 aromatic carbocycles. The fourth-order valence-corrected chi connectivity index (χ4v) is 3.58. The molecule has 1 aliphatic heterocycles. The molecule has 1 rings (SSSR count). The van der Waals surface area contributed by atoms with E-state index < -0.39 is 10.3 Å². The third-order valence-corrected chi connectivity index (χ3v) is 4.40. The summed E-state index contributed by atoms with van der Waals surface area (Å²) in [7, 11) is -3.99. The molecule has 4 nitrogen and oxygen atoms in total. The average Bonchev–Trinajstić information content (AvgIpc) is 2.05. The van der Waals surface area contributed by atoms with Crippen LogP contribution in [0.5, 0.6) is 0 Å². The number of nitrogens with zero attached hydrogens (tertiary/aromatic N) is 1. The molecule has 13 heavy (non-hydrogen) atoms. The highest BCUT2D eigenvalue weighted by atomic mass is 32.2. The van der Waals surface area contributed by atoms with Gasteiger partial charge in [0.1, 0.15) is 0 Å². The minimum Gasteiger partial charge on any atom is -0.273 e. The van der Waals surface area contributed by atoms with Crippen LogP contribution in [-0.4, -0.2) is 41.4 Å². The molecule has 1 heterocycles. The Labute approximate surface area is 83.6 Å². The third-order valence-electron chi connectivity index (χ3n) is 2.21. The van der Waals surface area contributed by atoms with Crippen molar-refractivity contribution in [1.82, 2.24) is 4.31 Å². The molecule has 0 spiro atoms. The van der Waals surface area contributed by atoms with E-state index in [1.165, 1.54) is 4.31 Å². The molecule has 0 aliphatic carbocycles. The van der Waals surface area contributed by atoms with Gasteiger partial charge in [0.05, 0.1) is 0 Å². The van der Waals surface area contributed by atoms with Crippen molar-refractivity contribution in [1.29, 1.82) is 0 Å². The fraction of sp³-hybridized carbons (Fsp3) is 1.00. The molecule has 1 N–H and O–H groups in total. The number of hydrogen-bond acceptors (Lipinski definition) is 3. The zero-order valence-electron chi connectivity index (χ0n) is 7.64. The monoisotopic (exact) mass is 225 g/mol. The van der Waals surface area contributed by atoms with Crippen LogP contribution in [0.2, 0.25) is 0 Å². The maximum Gasteiger partial charge on any atom is 0.336 e. The van der Waals surface area contributed by atoms with Gasteiger partial charge in [-0.05, 0) is 24.3 Å². The van der Waals surface area contributed by atoms with Crippen molar-refractivity contribution in [3.8, 4) is 0 Å². The lowest BCUT2D eigenvalue weighted by atomic mass is 10.1. The van der Waals surface area contributed by atoms with Gasteiger partial charge in [0, 0.05) is 12.6 Å². The van der Waals surface area contributed by atoms with Gasteiger partial charge in [0.15, 0.2) is 0 Å². The lowest BCUT2D eigenvalue weighted by Gasteiger charge is -2.29. The largest absolute Gasteiger partial charge is 0.336 e. The second-order valence-corrected chi connectivity index (χ2v) is 5.61. The van der Waals surface area contributed by atoms with Crippen molar-refractivity contribution in [3.63, 3.8) is 0 Å². The zero-order valence-corrected chi connectivity index (χ0v) is 9.27. The highest BCUT2D eigenvalue weighted by Crippen LogP contribution is 2.22. The lowest BCUT2D eigenvalue weighted by Crippen LogP contribution is -2.41. The van der Waals surface area contributed by atoms with E-state index in [-0.39, 0.29) is 6.04 Å². The minimum absolute atomic E-state index is 0.00116. The highest BCUT2D eigenvalue weighted by molar-refractivity contribution is 7.99. The van der Waals surface area contributed by atoms with Crippen molar-refractivity contribution < 1.29 is 13.0 Å². The Morgan fingerprint density at radius 3 is 2.38 bits per heavy atom. The van der Waals surface area contributed by atoms with Gasteiger partial charge in [-0.1, -0.05) is 6.92 Å². The summed E-state index contributed by atoms with van der Waals surface area (Å²) in [5.41, 5.74) is 0. The van der Waals surface area contributed by atoms with Crippen LogP contribution in [0.4, 0.5) is 0 Å². The molecular weight excluding hydrogens is 210 g/mol. The van der Waals surface area contributed by atoms with Crippen molar-refractivity contribution in [2.45, 2.75) is 25.8 Å². The second-order valence-electron chi connectivity index (χ2n) is 3.02. The molecule has 1 fully saturated rings. The van der Waals surface area contributed by atoms with Crippen molar-refractivity contribution >= 4 is 22.1 Å². The van der Waals surface area contributed by atoms with E-state index in [1.807, 2.05) is 11.8 Å². The van der Waals surface area contributed by atoms with E-state index in [0.717, 1.165) is 24.3 Å². The quantitative estimate of drug-likeness (QED) is 0.728. The van der Waals surface area contributed by atoms with Crippen LogP contribution in [0.15, 0.2) is 0 Å². The number of thioether (sulfide) groups is 1. The van der Waals surface area contributed by atoms with Crippen LogP contribution in [0.1, 0.15) is 19.8 Å². The van der Waals surface area contributed by atoms with Gasteiger partial charge in [-0.2, -0.15) is 24.5 Å². The summed E-state index contributed by atoms with van der Waals surface area (Å²) in [4.78, 5) is 0. The maximum absolute atomic E-state index is 10.9. The van der Waals surface area contributed by atoms with E-state index in [1.54, 1.807) is 6.92 Å². The molecule has 6 heteroatoms. The first-order valence-corrected chi connectivity index (χ1v) is 6.93. The van der Waals surface area contributed by atoms with Crippen LogP contribution in [-0.2, 0) is 10.3 Å². The minimum atomic E-state index is -3.99. The molecule has 0 atom stereocenters. The van der Waals surface area contributed by atoms with Gasteiger partial charge in [-0.25, -0.2) is 0 Å². The third kappa shape index (κ3) is 3.12. The van der Waals surface area contributed by atoms with Gasteiger partial charge < -0.3 is 0 Å². The van der Waals surface area contributed by atoms with Crippen molar-refractivity contribution in [2.75, 3.05) is 18.1 Å². The molecule has 1 saturated heterocycles. The molecule has 0 bridgehead atoms. The summed E-state index contributed by atoms with van der Waals surface area (Å²) >= 11 is 1.83. The first-order chi connectivity index (χ1) is 6.05. The molecule has 0 radical (unpaired) electrons. The second kappa shape index (κ2) is 4.63. The number of rotatable bonds is 3. The van der Waals surface area contributed by atoms with Gasteiger partial charge in [0.25, 0.3) is 0 Å². The Morgan fingerprint density at radius 1 is 1.46 bits per heavy atom. The van der Waals surface area contributed by atoms with Gasteiger partial charge in [-0.3, -0.25) is 4.55 Å². The van der Waals surface area contributed by atoms with Gasteiger partial charge in [-0.15, -0.1) is 0 Å². The smallest absolute Gasteiger partial charge is 0.273 e. The Hall–Kier alpha value is 0.220. The summed E-state index contributed by atoms with van der Waals surface area (Å²) < 4.78 is 32.0. The Bertz CT molecular complexity index is 246. The van der Waals surface area contributed by atoms with Crippen LogP contribution < -0.4 is 0 Å². The molecule has 0 aromatic heterocycles. The predicted molar refractivity (Wildman–Crippen MR) is 54.3 cm³/mol. The summed E-state index contributed by atoms with van der Waals surface area (Å²) in [5, 5.41) is 0. The van der Waals surface area contributed by atoms with E-state index >= 15 is 0 Å². The molecule has 0 amide bonds. The van der Waals surface area contributed by atoms with E-state index in [2.05, 4.69) is 0 Å². The standard InChI is InChI=1S/C7H15NO3S2/c1-2-8(13(9,10)11)7-3-5-12-6-4-7/h7H,2-6H2,1H3,(H,9,10,11). The molecular formula is C7H15NO3S2. The maximum atomic E-state index is 10.9. The molecule has 0 saturated carbocycles. The topological polar surface area (TPSA) is 57.6 Å². The summed E-state index contributed by atoms with van der Waals surface area (Å²) in [5.74, 6) is 1.97. The Morgan fingerprint density at radius 2 is 2.00 bits per heavy atom. The normalized spacial score (nSPS) is 20.8. The summed E-state index contributed by atoms with van der Waals surface area (Å²) in [6.45, 7) is 2.10. The molecule has 0 aromatic rings. The first kappa shape index (κ1) is 11.3. The first-order valence-electron chi connectivity index (χ1n) is 4.37. The fourth-order valence-electron chi connectivity index (χ4n) is 1.58. The zero-order chi connectivity index (χ0) is 9.90. The van der Waals surface area contributed by atoms with Crippen LogP contribution in [0, 0.1) is 0 Å². The Balaban J connectivity index is 2.65. The van der Waals surface area contributed by atoms with Crippen molar-refractivity contribution in [3.05, 3.63) is 0 Å². The Kier molecular flexibility index (Phi) is 4.03. The predicted octanol–water partition coefficient (Wildman–Crippen LogP) is 1.01.